The van der Waals surface area contributed by atoms with Crippen LogP contribution in [0.3, 0.4) is 0 Å². The van der Waals surface area contributed by atoms with Crippen molar-refractivity contribution in [2.45, 2.75) is 13.3 Å². The van der Waals surface area contributed by atoms with Crippen molar-refractivity contribution in [3.8, 4) is 0 Å². The van der Waals surface area contributed by atoms with E-state index in [9.17, 15) is 13.2 Å². The van der Waals surface area contributed by atoms with Gasteiger partial charge < -0.3 is 0 Å². The molecule has 1 rings (SSSR count). The first-order chi connectivity index (χ1) is 5.54. The van der Waals surface area contributed by atoms with E-state index in [-0.39, 0.29) is 5.56 Å². The summed E-state index contributed by atoms with van der Waals surface area (Å²) in [5.74, 6) is -0.856. The van der Waals surface area contributed by atoms with E-state index in [1.54, 1.807) is 0 Å². The molecule has 0 bridgehead atoms. The van der Waals surface area contributed by atoms with Gasteiger partial charge in [0.15, 0.2) is 0 Å². The summed E-state index contributed by atoms with van der Waals surface area (Å²) in [6.07, 6.45) is -2.76. The largest absolute Gasteiger partial charge is 0.266 e. The lowest BCUT2D eigenvalue weighted by molar-refractivity contribution is 0.145. The van der Waals surface area contributed by atoms with Gasteiger partial charge in [-0.3, -0.25) is 0 Å². The zero-order chi connectivity index (χ0) is 9.30. The summed E-state index contributed by atoms with van der Waals surface area (Å²) in [5, 5.41) is 0. The molecule has 0 radical (unpaired) electrons. The van der Waals surface area contributed by atoms with E-state index in [1.165, 1.54) is 13.0 Å². The molecular weight excluding hydrogens is 233 g/mol. The summed E-state index contributed by atoms with van der Waals surface area (Å²) in [6.45, 7) is 1.45. The molecule has 0 N–H and O–H groups in total. The Balaban J connectivity index is 3.33. The molecule has 1 aromatic carbocycles. The normalized spacial score (nSPS) is 10.8. The summed E-state index contributed by atoms with van der Waals surface area (Å²) in [5.41, 5.74) is -0.269. The fourth-order valence-electron chi connectivity index (χ4n) is 0.937. The van der Waals surface area contributed by atoms with E-state index in [2.05, 4.69) is 15.9 Å². The van der Waals surface area contributed by atoms with Crippen LogP contribution in [0.2, 0.25) is 0 Å². The standard InChI is InChI=1S/C8H6BrF3/c1-4-5(9)2-3-6(10)7(4)8(11)12/h2-3,8H,1H3. The highest BCUT2D eigenvalue weighted by Crippen LogP contribution is 2.29. The maximum Gasteiger partial charge on any atom is 0.266 e. The molecule has 0 atom stereocenters. The Hall–Kier alpha value is -0.510. The van der Waals surface area contributed by atoms with Gasteiger partial charge in [-0.05, 0) is 24.6 Å². The van der Waals surface area contributed by atoms with Gasteiger partial charge in [0.25, 0.3) is 6.43 Å². The summed E-state index contributed by atoms with van der Waals surface area (Å²) in [4.78, 5) is 0. The average molecular weight is 239 g/mol. The molecule has 4 heteroatoms. The van der Waals surface area contributed by atoms with Crippen LogP contribution in [0.5, 0.6) is 0 Å². The van der Waals surface area contributed by atoms with Crippen molar-refractivity contribution >= 4 is 15.9 Å². The number of halogens is 4. The summed E-state index contributed by atoms with van der Waals surface area (Å²) in [6, 6.07) is 2.44. The molecule has 0 amide bonds. The molecule has 0 fully saturated rings. The topological polar surface area (TPSA) is 0 Å². The third kappa shape index (κ3) is 1.63. The highest BCUT2D eigenvalue weighted by molar-refractivity contribution is 9.10. The predicted octanol–water partition coefficient (Wildman–Crippen LogP) is 3.83. The highest BCUT2D eigenvalue weighted by atomic mass is 79.9. The van der Waals surface area contributed by atoms with Gasteiger partial charge in [0.05, 0.1) is 5.56 Å². The maximum atomic E-state index is 12.8. The van der Waals surface area contributed by atoms with E-state index >= 15 is 0 Å². The van der Waals surface area contributed by atoms with E-state index in [0.29, 0.717) is 4.47 Å². The monoisotopic (exact) mass is 238 g/mol. The minimum absolute atomic E-state index is 0.255. The van der Waals surface area contributed by atoms with Crippen molar-refractivity contribution < 1.29 is 13.2 Å². The van der Waals surface area contributed by atoms with Gasteiger partial charge in [0, 0.05) is 4.47 Å². The zero-order valence-electron chi connectivity index (χ0n) is 6.24. The number of hydrogen-bond acceptors (Lipinski definition) is 0. The van der Waals surface area contributed by atoms with Crippen molar-refractivity contribution in [2.75, 3.05) is 0 Å². The van der Waals surface area contributed by atoms with Crippen molar-refractivity contribution in [1.82, 2.24) is 0 Å². The van der Waals surface area contributed by atoms with Gasteiger partial charge in [-0.2, -0.15) is 0 Å². The van der Waals surface area contributed by atoms with E-state index < -0.39 is 17.8 Å². The van der Waals surface area contributed by atoms with Gasteiger partial charge in [-0.15, -0.1) is 0 Å². The van der Waals surface area contributed by atoms with Gasteiger partial charge in [-0.25, -0.2) is 13.2 Å². The van der Waals surface area contributed by atoms with Crippen LogP contribution in [0.4, 0.5) is 13.2 Å². The molecule has 0 aromatic heterocycles. The Morgan fingerprint density at radius 1 is 1.33 bits per heavy atom. The van der Waals surface area contributed by atoms with Crippen LogP contribution in [0, 0.1) is 12.7 Å². The van der Waals surface area contributed by atoms with Gasteiger partial charge >= 0.3 is 0 Å². The third-order valence-corrected chi connectivity index (χ3v) is 2.47. The fourth-order valence-corrected chi connectivity index (χ4v) is 1.28. The Morgan fingerprint density at radius 3 is 2.33 bits per heavy atom. The van der Waals surface area contributed by atoms with Crippen LogP contribution in [-0.2, 0) is 0 Å². The van der Waals surface area contributed by atoms with Crippen molar-refractivity contribution in [3.63, 3.8) is 0 Å². The van der Waals surface area contributed by atoms with Crippen LogP contribution in [0.15, 0.2) is 16.6 Å². The molecule has 0 aliphatic rings. The van der Waals surface area contributed by atoms with E-state index in [0.717, 1.165) is 6.07 Å². The SMILES string of the molecule is Cc1c(Br)ccc(F)c1C(F)F. The fraction of sp³-hybridized carbons (Fsp3) is 0.250. The van der Waals surface area contributed by atoms with E-state index in [4.69, 9.17) is 0 Å². The Morgan fingerprint density at radius 2 is 1.92 bits per heavy atom. The lowest BCUT2D eigenvalue weighted by atomic mass is 10.1. The second-order valence-corrected chi connectivity index (χ2v) is 3.22. The second kappa shape index (κ2) is 3.47. The molecule has 0 unspecified atom stereocenters. The maximum absolute atomic E-state index is 12.8. The summed E-state index contributed by atoms with van der Waals surface area (Å²) < 4.78 is 37.7. The Bertz CT molecular complexity index is 297. The molecular formula is C8H6BrF3. The number of alkyl halides is 2. The first-order valence-electron chi connectivity index (χ1n) is 3.26. The van der Waals surface area contributed by atoms with Gasteiger partial charge in [0.1, 0.15) is 5.82 Å². The minimum Gasteiger partial charge on any atom is -0.206 e. The smallest absolute Gasteiger partial charge is 0.206 e. The van der Waals surface area contributed by atoms with Crippen LogP contribution in [0.1, 0.15) is 17.6 Å². The van der Waals surface area contributed by atoms with Crippen LogP contribution < -0.4 is 0 Å². The molecule has 66 valence electrons. The van der Waals surface area contributed by atoms with Crippen LogP contribution >= 0.6 is 15.9 Å². The Labute approximate surface area is 76.5 Å². The third-order valence-electron chi connectivity index (χ3n) is 1.61. The molecule has 0 aliphatic carbocycles. The first-order valence-corrected chi connectivity index (χ1v) is 4.06. The Kier molecular flexibility index (Phi) is 2.77. The van der Waals surface area contributed by atoms with Crippen molar-refractivity contribution in [2.24, 2.45) is 0 Å². The molecule has 0 aliphatic heterocycles. The number of hydrogen-bond donors (Lipinski definition) is 0. The van der Waals surface area contributed by atoms with Crippen LogP contribution in [0.25, 0.3) is 0 Å². The minimum atomic E-state index is -2.76. The van der Waals surface area contributed by atoms with Gasteiger partial charge in [0.2, 0.25) is 0 Å². The molecule has 0 spiro atoms. The van der Waals surface area contributed by atoms with Gasteiger partial charge in [-0.1, -0.05) is 15.9 Å². The summed E-state index contributed by atoms with van der Waals surface area (Å²) in [7, 11) is 0. The average Bonchev–Trinajstić information content (AvgIpc) is 1.97. The molecule has 12 heavy (non-hydrogen) atoms. The number of rotatable bonds is 1. The lowest BCUT2D eigenvalue weighted by Crippen LogP contribution is -1.95. The predicted molar refractivity (Wildman–Crippen MR) is 43.8 cm³/mol. The molecule has 0 heterocycles. The van der Waals surface area contributed by atoms with Crippen LogP contribution in [-0.4, -0.2) is 0 Å². The summed E-state index contributed by atoms with van der Waals surface area (Å²) >= 11 is 3.05. The highest BCUT2D eigenvalue weighted by Gasteiger charge is 2.17. The molecule has 0 saturated heterocycles. The lowest BCUT2D eigenvalue weighted by Gasteiger charge is -2.07. The van der Waals surface area contributed by atoms with E-state index in [1.807, 2.05) is 0 Å². The zero-order valence-corrected chi connectivity index (χ0v) is 7.83. The molecule has 0 nitrogen and oxygen atoms in total. The molecule has 1 aromatic rings. The van der Waals surface area contributed by atoms with Crippen molar-refractivity contribution in [3.05, 3.63) is 33.5 Å². The quantitative estimate of drug-likeness (QED) is 0.698. The first kappa shape index (κ1) is 9.58. The molecule has 0 saturated carbocycles. The number of benzene rings is 1. The van der Waals surface area contributed by atoms with Crippen molar-refractivity contribution in [1.29, 1.82) is 0 Å². The second-order valence-electron chi connectivity index (χ2n) is 2.37.